The second-order valence-corrected chi connectivity index (χ2v) is 9.67. The molecule has 0 saturated heterocycles. The average molecular weight is 497 g/mol. The van der Waals surface area contributed by atoms with Crippen molar-refractivity contribution in [2.75, 3.05) is 18.5 Å². The fourth-order valence-electron chi connectivity index (χ4n) is 3.59. The van der Waals surface area contributed by atoms with Crippen molar-refractivity contribution in [3.8, 4) is 11.5 Å². The number of aromatic hydroxyl groups is 1. The molecule has 3 N–H and O–H groups in total. The molecule has 1 amide bonds. The van der Waals surface area contributed by atoms with Gasteiger partial charge in [0.2, 0.25) is 21.4 Å². The predicted molar refractivity (Wildman–Crippen MR) is 132 cm³/mol. The van der Waals surface area contributed by atoms with E-state index in [9.17, 15) is 23.1 Å². The SMILES string of the molecule is CC(=O)Nc1ccc(S(=O)(=O)NCCCCOc2cc(O)c3c(=O)c4ccccc4oc3c2)cc1. The van der Waals surface area contributed by atoms with Crippen LogP contribution in [0.2, 0.25) is 0 Å². The summed E-state index contributed by atoms with van der Waals surface area (Å²) in [6.07, 6.45) is 1.06. The number of nitrogens with one attached hydrogen (secondary N) is 2. The third-order valence-electron chi connectivity index (χ3n) is 5.25. The summed E-state index contributed by atoms with van der Waals surface area (Å²) in [6.45, 7) is 1.86. The minimum absolute atomic E-state index is 0.0931. The second kappa shape index (κ2) is 10.2. The van der Waals surface area contributed by atoms with E-state index in [-0.39, 0.29) is 46.1 Å². The summed E-state index contributed by atoms with van der Waals surface area (Å²) in [6, 6.07) is 15.6. The zero-order valence-electron chi connectivity index (χ0n) is 18.9. The molecule has 9 nitrogen and oxygen atoms in total. The van der Waals surface area contributed by atoms with Crippen LogP contribution in [0.25, 0.3) is 21.9 Å². The number of unbranched alkanes of at least 4 members (excludes halogenated alkanes) is 1. The first-order chi connectivity index (χ1) is 16.7. The average Bonchev–Trinajstić information content (AvgIpc) is 2.81. The third kappa shape index (κ3) is 5.61. The van der Waals surface area contributed by atoms with Gasteiger partial charge < -0.3 is 19.6 Å². The highest BCUT2D eigenvalue weighted by Crippen LogP contribution is 2.30. The summed E-state index contributed by atoms with van der Waals surface area (Å²) in [7, 11) is -3.68. The maximum atomic E-state index is 12.7. The molecular weight excluding hydrogens is 472 g/mol. The first-order valence-corrected chi connectivity index (χ1v) is 12.4. The van der Waals surface area contributed by atoms with Crippen LogP contribution in [0.1, 0.15) is 19.8 Å². The number of phenolic OH excluding ortho intramolecular Hbond substituents is 1. The van der Waals surface area contributed by atoms with Crippen LogP contribution < -0.4 is 20.2 Å². The highest BCUT2D eigenvalue weighted by molar-refractivity contribution is 7.89. The van der Waals surface area contributed by atoms with Crippen molar-refractivity contribution in [2.24, 2.45) is 0 Å². The maximum absolute atomic E-state index is 12.7. The number of rotatable bonds is 9. The first-order valence-electron chi connectivity index (χ1n) is 10.9. The summed E-state index contributed by atoms with van der Waals surface area (Å²) in [4.78, 5) is 23.8. The summed E-state index contributed by atoms with van der Waals surface area (Å²) in [5.41, 5.74) is 0.836. The van der Waals surface area contributed by atoms with Gasteiger partial charge in [0.1, 0.15) is 28.1 Å². The van der Waals surface area contributed by atoms with Crippen molar-refractivity contribution < 1.29 is 27.5 Å². The summed E-state index contributed by atoms with van der Waals surface area (Å²) < 4.78 is 38.8. The molecule has 0 radical (unpaired) electrons. The standard InChI is InChI=1S/C25H24N2O7S/c1-16(28)27-17-8-10-19(11-9-17)35(31,32)26-12-4-5-13-33-18-14-21(29)24-23(15-18)34-22-7-3-2-6-20(22)25(24)30/h2-3,6-11,14-15,26,29H,4-5,12-13H2,1H3,(H,27,28). The molecule has 3 aromatic carbocycles. The van der Waals surface area contributed by atoms with E-state index in [1.807, 2.05) is 0 Å². The van der Waals surface area contributed by atoms with Gasteiger partial charge >= 0.3 is 0 Å². The monoisotopic (exact) mass is 496 g/mol. The van der Waals surface area contributed by atoms with E-state index in [2.05, 4.69) is 10.0 Å². The van der Waals surface area contributed by atoms with Crippen LogP contribution in [0.4, 0.5) is 5.69 Å². The van der Waals surface area contributed by atoms with Gasteiger partial charge in [-0.25, -0.2) is 13.1 Å². The van der Waals surface area contributed by atoms with Gasteiger partial charge in [0, 0.05) is 31.3 Å². The fraction of sp³-hybridized carbons (Fsp3) is 0.200. The number of carbonyl (C=O) groups excluding carboxylic acids is 1. The number of carbonyl (C=O) groups is 1. The first kappa shape index (κ1) is 24.2. The molecule has 0 saturated carbocycles. The van der Waals surface area contributed by atoms with Gasteiger partial charge in [-0.05, 0) is 49.2 Å². The molecular formula is C25H24N2O7S. The number of amides is 1. The number of phenols is 1. The van der Waals surface area contributed by atoms with E-state index < -0.39 is 10.0 Å². The van der Waals surface area contributed by atoms with E-state index in [0.29, 0.717) is 35.2 Å². The zero-order chi connectivity index (χ0) is 25.0. The van der Waals surface area contributed by atoms with Gasteiger partial charge in [0.15, 0.2) is 0 Å². The van der Waals surface area contributed by atoms with E-state index in [4.69, 9.17) is 9.15 Å². The summed E-state index contributed by atoms with van der Waals surface area (Å²) >= 11 is 0. The molecule has 10 heteroatoms. The molecule has 1 aromatic heterocycles. The predicted octanol–water partition coefficient (Wildman–Crippen LogP) is 3.75. The van der Waals surface area contributed by atoms with E-state index in [1.165, 1.54) is 37.3 Å². The Morgan fingerprint density at radius 1 is 1.03 bits per heavy atom. The Kier molecular flexibility index (Phi) is 7.04. The van der Waals surface area contributed by atoms with Gasteiger partial charge in [0.05, 0.1) is 16.9 Å². The van der Waals surface area contributed by atoms with E-state index in [0.717, 1.165) is 0 Å². The van der Waals surface area contributed by atoms with Crippen molar-refractivity contribution in [3.05, 3.63) is 70.9 Å². The minimum Gasteiger partial charge on any atom is -0.507 e. The van der Waals surface area contributed by atoms with Crippen molar-refractivity contribution in [2.45, 2.75) is 24.7 Å². The van der Waals surface area contributed by atoms with Crippen LogP contribution >= 0.6 is 0 Å². The summed E-state index contributed by atoms with van der Waals surface area (Å²) in [5.74, 6) is -0.125. The van der Waals surface area contributed by atoms with Crippen LogP contribution in [-0.2, 0) is 14.8 Å². The van der Waals surface area contributed by atoms with Gasteiger partial charge in [-0.2, -0.15) is 0 Å². The number of benzene rings is 3. The van der Waals surface area contributed by atoms with Crippen LogP contribution in [0.5, 0.6) is 11.5 Å². The lowest BCUT2D eigenvalue weighted by atomic mass is 10.1. The Bertz CT molecular complexity index is 1540. The normalized spacial score (nSPS) is 11.6. The molecule has 4 aromatic rings. The van der Waals surface area contributed by atoms with Crippen molar-refractivity contribution in [1.82, 2.24) is 4.72 Å². The van der Waals surface area contributed by atoms with E-state index >= 15 is 0 Å². The third-order valence-corrected chi connectivity index (χ3v) is 6.73. The molecule has 0 fully saturated rings. The van der Waals surface area contributed by atoms with Crippen molar-refractivity contribution in [1.29, 1.82) is 0 Å². The molecule has 4 rings (SSSR count). The van der Waals surface area contributed by atoms with Crippen LogP contribution in [-0.4, -0.2) is 32.6 Å². The van der Waals surface area contributed by atoms with Gasteiger partial charge in [0.25, 0.3) is 0 Å². The number of hydrogen-bond donors (Lipinski definition) is 3. The lowest BCUT2D eigenvalue weighted by molar-refractivity contribution is -0.114. The highest BCUT2D eigenvalue weighted by atomic mass is 32.2. The lowest BCUT2D eigenvalue weighted by Crippen LogP contribution is -2.25. The largest absolute Gasteiger partial charge is 0.507 e. The number of anilines is 1. The number of sulfonamides is 1. The van der Waals surface area contributed by atoms with Gasteiger partial charge in [-0.1, -0.05) is 12.1 Å². The van der Waals surface area contributed by atoms with Crippen LogP contribution in [0.15, 0.2) is 74.8 Å². The molecule has 0 unspecified atom stereocenters. The Labute approximate surface area is 201 Å². The molecule has 0 aliphatic carbocycles. The number of ether oxygens (including phenoxy) is 1. The zero-order valence-corrected chi connectivity index (χ0v) is 19.7. The lowest BCUT2D eigenvalue weighted by Gasteiger charge is -2.10. The number of fused-ring (bicyclic) bond motifs is 2. The van der Waals surface area contributed by atoms with Gasteiger partial charge in [-0.15, -0.1) is 0 Å². The molecule has 0 aliphatic heterocycles. The highest BCUT2D eigenvalue weighted by Gasteiger charge is 2.15. The molecule has 0 bridgehead atoms. The maximum Gasteiger partial charge on any atom is 0.240 e. The van der Waals surface area contributed by atoms with Crippen LogP contribution in [0.3, 0.4) is 0 Å². The molecule has 1 heterocycles. The molecule has 0 aliphatic rings. The Balaban J connectivity index is 1.31. The van der Waals surface area contributed by atoms with E-state index in [1.54, 1.807) is 30.3 Å². The summed E-state index contributed by atoms with van der Waals surface area (Å²) in [5, 5.41) is 13.4. The minimum atomic E-state index is -3.68. The smallest absolute Gasteiger partial charge is 0.240 e. The molecule has 182 valence electrons. The Morgan fingerprint density at radius 3 is 2.51 bits per heavy atom. The molecule has 0 atom stereocenters. The Hall–Kier alpha value is -3.89. The quantitative estimate of drug-likeness (QED) is 0.237. The van der Waals surface area contributed by atoms with Crippen molar-refractivity contribution in [3.63, 3.8) is 0 Å². The fourth-order valence-corrected chi connectivity index (χ4v) is 4.67. The molecule has 35 heavy (non-hydrogen) atoms. The van der Waals surface area contributed by atoms with Gasteiger partial charge in [-0.3, -0.25) is 9.59 Å². The second-order valence-electron chi connectivity index (χ2n) is 7.90. The van der Waals surface area contributed by atoms with Crippen LogP contribution in [0, 0.1) is 0 Å². The number of hydrogen-bond acceptors (Lipinski definition) is 7. The molecule has 0 spiro atoms. The van der Waals surface area contributed by atoms with Crippen molar-refractivity contribution >= 4 is 43.6 Å². The topological polar surface area (TPSA) is 135 Å². The number of para-hydroxylation sites is 1. The Morgan fingerprint density at radius 2 is 1.77 bits per heavy atom.